The fraction of sp³-hybridized carbons (Fsp3) is 0.603. The van der Waals surface area contributed by atoms with Crippen molar-refractivity contribution < 1.29 is 90.5 Å². The van der Waals surface area contributed by atoms with Gasteiger partial charge in [0.15, 0.2) is 0 Å². The Kier molecular flexibility index (Phi) is 32.1. The monoisotopic (exact) mass is 1530 g/mol. The largest absolute Gasteiger partial charge is 0.497 e. The molecule has 576 valence electrons. The fourth-order valence-corrected chi connectivity index (χ4v) is 18.9. The van der Waals surface area contributed by atoms with Crippen molar-refractivity contribution in [1.29, 1.82) is 5.26 Å². The van der Waals surface area contributed by atoms with Gasteiger partial charge in [0.05, 0.1) is 65.8 Å². The molecular formula is C78H101F11N3O9PS2. The molecule has 0 amide bonds. The van der Waals surface area contributed by atoms with Crippen LogP contribution in [0.1, 0.15) is 163 Å². The van der Waals surface area contributed by atoms with Crippen LogP contribution in [0, 0.1) is 46.1 Å². The topological polar surface area (TPSA) is 113 Å². The van der Waals surface area contributed by atoms with Crippen LogP contribution < -0.4 is 14.2 Å². The van der Waals surface area contributed by atoms with Crippen LogP contribution in [0.5, 0.6) is 17.2 Å². The Bertz CT molecular complexity index is 3330. The van der Waals surface area contributed by atoms with Crippen molar-refractivity contribution in [2.24, 2.45) is 23.2 Å². The first-order valence-electron chi connectivity index (χ1n) is 36.0. The molecule has 0 radical (unpaired) electrons. The molecule has 8 rings (SSSR count). The lowest BCUT2D eigenvalue weighted by molar-refractivity contribution is -0.457. The zero-order valence-corrected chi connectivity index (χ0v) is 63.3. The Morgan fingerprint density at radius 1 is 0.635 bits per heavy atom. The summed E-state index contributed by atoms with van der Waals surface area (Å²) in [6.07, 6.45) is -11.1. The third-order valence-electron chi connectivity index (χ3n) is 20.4. The van der Waals surface area contributed by atoms with Crippen LogP contribution in [0.4, 0.5) is 48.3 Å². The molecule has 2 saturated carbocycles. The molecule has 5 aromatic rings. The van der Waals surface area contributed by atoms with Gasteiger partial charge in [-0.2, -0.15) is 44.8 Å². The van der Waals surface area contributed by atoms with Gasteiger partial charge in [0.2, 0.25) is 0 Å². The normalized spacial score (nSPS) is 19.3. The molecule has 5 aromatic carbocycles. The van der Waals surface area contributed by atoms with Crippen LogP contribution in [0.3, 0.4) is 0 Å². The highest BCUT2D eigenvalue weighted by Gasteiger charge is 2.85. The van der Waals surface area contributed by atoms with Crippen LogP contribution in [0.25, 0.3) is 0 Å². The molecule has 12 nitrogen and oxygen atoms in total. The van der Waals surface area contributed by atoms with Gasteiger partial charge in [0.1, 0.15) is 41.1 Å². The molecule has 7 atom stereocenters. The lowest BCUT2D eigenvalue weighted by Gasteiger charge is -2.50. The van der Waals surface area contributed by atoms with Gasteiger partial charge in [-0.1, -0.05) is 102 Å². The number of hydrogen-bond donors (Lipinski definition) is 0. The zero-order valence-electron chi connectivity index (χ0n) is 60.8. The van der Waals surface area contributed by atoms with Crippen LogP contribution >= 0.6 is 30.1 Å². The van der Waals surface area contributed by atoms with Crippen LogP contribution in [0.2, 0.25) is 0 Å². The van der Waals surface area contributed by atoms with Crippen molar-refractivity contribution in [3.63, 3.8) is 0 Å². The number of benzene rings is 5. The third kappa shape index (κ3) is 21.5. The maximum absolute atomic E-state index is 15.6. The van der Waals surface area contributed by atoms with Gasteiger partial charge in [-0.3, -0.25) is 0 Å². The van der Waals surface area contributed by atoms with E-state index >= 15 is 8.78 Å². The molecular weight excluding hydrogens is 1430 g/mol. The molecule has 0 spiro atoms. The van der Waals surface area contributed by atoms with Crippen LogP contribution in [-0.4, -0.2) is 137 Å². The number of nitriles is 1. The van der Waals surface area contributed by atoms with Gasteiger partial charge in [-0.05, 0) is 217 Å². The Balaban J connectivity index is 0.731. The van der Waals surface area contributed by atoms with Crippen molar-refractivity contribution in [2.45, 2.75) is 191 Å². The summed E-state index contributed by atoms with van der Waals surface area (Å²) >= 11 is 0. The number of nitrogens with zero attached hydrogens (tertiary/aromatic N) is 3. The summed E-state index contributed by atoms with van der Waals surface area (Å²) in [5.41, 5.74) is -2.19. The summed E-state index contributed by atoms with van der Waals surface area (Å²) in [4.78, 5) is 1.93. The minimum atomic E-state index is -6.78. The van der Waals surface area contributed by atoms with E-state index in [1.165, 1.54) is 17.7 Å². The zero-order chi connectivity index (χ0) is 75.3. The van der Waals surface area contributed by atoms with E-state index in [0.29, 0.717) is 50.7 Å². The highest BCUT2D eigenvalue weighted by Crippen LogP contribution is 2.62. The Hall–Kier alpha value is -4.97. The minimum absolute atomic E-state index is 0.00149. The number of fused-ring (bicyclic) bond motifs is 5. The number of rotatable bonds is 43. The van der Waals surface area contributed by atoms with E-state index in [9.17, 15) is 44.8 Å². The molecule has 0 heterocycles. The van der Waals surface area contributed by atoms with E-state index in [1.807, 2.05) is 83.4 Å². The van der Waals surface area contributed by atoms with E-state index in [0.717, 1.165) is 116 Å². The van der Waals surface area contributed by atoms with Gasteiger partial charge in [0.25, 0.3) is 8.53 Å². The summed E-state index contributed by atoms with van der Waals surface area (Å²) < 4.78 is 207. The minimum Gasteiger partial charge on any atom is -0.497 e. The molecule has 3 aliphatic carbocycles. The SMILES string of the molecule is COc1ccc(C(OCC(CCCOCCSSCCCCCCN(C)Cc2c(F)cc(COc3ccc4c(c3)CCC3C4CC[C@@]4(C)C3CC[C@@H]4OCCCOC(C(F)(F)F)(C(F)(F)F)C(F)(F)F)cc2F)COP(OCCC#N)N(C(C)C)C(C)C)(c2ccccc2)c2ccc(OC)cc2)cc1. The summed E-state index contributed by atoms with van der Waals surface area (Å²) in [7, 11) is 7.31. The van der Waals surface area contributed by atoms with E-state index in [2.05, 4.69) is 86.5 Å². The predicted octanol–water partition coefficient (Wildman–Crippen LogP) is 20.7. The highest BCUT2D eigenvalue weighted by molar-refractivity contribution is 8.76. The third-order valence-corrected chi connectivity index (χ3v) is 24.9. The van der Waals surface area contributed by atoms with Gasteiger partial charge in [0, 0.05) is 54.8 Å². The predicted molar refractivity (Wildman–Crippen MR) is 386 cm³/mol. The van der Waals surface area contributed by atoms with E-state index in [1.54, 1.807) is 25.0 Å². The Labute approximate surface area is 615 Å². The van der Waals surface area contributed by atoms with E-state index in [4.69, 9.17) is 37.5 Å². The van der Waals surface area contributed by atoms with Crippen molar-refractivity contribution in [1.82, 2.24) is 9.57 Å². The second-order valence-corrected chi connectivity index (χ2v) is 32.2. The molecule has 0 saturated heterocycles. The molecule has 0 bridgehead atoms. The number of alkyl halides is 9. The van der Waals surface area contributed by atoms with Gasteiger partial charge >= 0.3 is 24.1 Å². The fourth-order valence-electron chi connectivity index (χ4n) is 15.2. The molecule has 3 aliphatic rings. The first-order valence-corrected chi connectivity index (χ1v) is 39.6. The average Bonchev–Trinajstić information content (AvgIpc) is 0.813. The Morgan fingerprint density at radius 2 is 1.25 bits per heavy atom. The molecule has 104 heavy (non-hydrogen) atoms. The first kappa shape index (κ1) is 84.7. The van der Waals surface area contributed by atoms with Crippen molar-refractivity contribution in [3.05, 3.63) is 160 Å². The smallest absolute Gasteiger partial charge is 0.435 e. The molecule has 0 N–H and O–H groups in total. The quantitative estimate of drug-likeness (QED) is 0.0121. The number of hydrogen-bond acceptors (Lipinski definition) is 14. The van der Waals surface area contributed by atoms with E-state index in [-0.39, 0.29) is 85.6 Å². The molecule has 0 aromatic heterocycles. The van der Waals surface area contributed by atoms with Crippen molar-refractivity contribution >= 4 is 30.1 Å². The summed E-state index contributed by atoms with van der Waals surface area (Å²) in [5, 5.41) is 9.39. The molecule has 0 aliphatic heterocycles. The van der Waals surface area contributed by atoms with Gasteiger partial charge in [-0.25, -0.2) is 13.5 Å². The van der Waals surface area contributed by atoms with Crippen LogP contribution in [-0.2, 0) is 53.2 Å². The second kappa shape index (κ2) is 39.4. The number of ether oxygens (including phenoxy) is 7. The van der Waals surface area contributed by atoms with Crippen LogP contribution in [0.15, 0.2) is 109 Å². The first-order chi connectivity index (χ1) is 49.6. The number of halogens is 11. The standard InChI is InChI=1S/C78H101F11N3O9PS2/c1-54(2)92(55(3)4)102(100-43-17-38-90)101-53-56(52-99-74(59-20-12-11-13-21-59,60-23-27-62(93-7)28-24-60)61-25-29-63(94-8)30-26-61)19-16-40-95-44-46-104-103-45-15-10-9-14-39-91(6)50-68-70(79)47-57(48-71(68)80)51-97-64-31-33-65-58(49-64)22-32-67-66(65)36-37-73(5)69(67)34-35-72(73)96-41-18-42-98-75(76(81,82)83,77(84,85)86)78(87,88)89/h11-13,20-21,23-31,33,47-49,54-56,66-67,69,72H,9-10,14-19,22,32,34-37,39-46,50-53H2,1-8H3/t56?,66?,67?,69?,72-,73-,102?/m0/s1. The molecule has 26 heteroatoms. The molecule has 2 fully saturated rings. The number of aryl methyl sites for hydroxylation is 1. The maximum Gasteiger partial charge on any atom is 0.435 e. The average molecular weight is 1530 g/mol. The number of methoxy groups -OCH3 is 2. The molecule has 5 unspecified atom stereocenters. The van der Waals surface area contributed by atoms with Crippen molar-refractivity contribution in [3.8, 4) is 23.3 Å². The summed E-state index contributed by atoms with van der Waals surface area (Å²) in [6, 6.07) is 37.2. The second-order valence-electron chi connectivity index (χ2n) is 28.0. The van der Waals surface area contributed by atoms with E-state index < -0.39 is 62.9 Å². The summed E-state index contributed by atoms with van der Waals surface area (Å²) in [6.45, 7) is 11.6. The van der Waals surface area contributed by atoms with Gasteiger partial charge < -0.3 is 47.1 Å². The lowest BCUT2D eigenvalue weighted by atomic mass is 9.55. The highest BCUT2D eigenvalue weighted by atomic mass is 33.1. The number of unbranched alkanes of at least 4 members (excludes halogenated alkanes) is 3. The summed E-state index contributed by atoms with van der Waals surface area (Å²) in [5.74, 6) is 3.23. The Morgan fingerprint density at radius 3 is 1.87 bits per heavy atom. The maximum atomic E-state index is 15.6. The van der Waals surface area contributed by atoms with Gasteiger partial charge in [-0.15, -0.1) is 0 Å². The lowest BCUT2D eigenvalue weighted by Crippen LogP contribution is -2.67. The van der Waals surface area contributed by atoms with Crippen molar-refractivity contribution in [2.75, 3.05) is 85.6 Å².